The first-order valence-corrected chi connectivity index (χ1v) is 11.4. The summed E-state index contributed by atoms with van der Waals surface area (Å²) in [4.78, 5) is 11.5. The maximum atomic E-state index is 11.5. The number of carbonyl (C=O) groups is 1. The third-order valence-corrected chi connectivity index (χ3v) is 9.91. The smallest absolute Gasteiger partial charge is 0.262 e. The van der Waals surface area contributed by atoms with Crippen molar-refractivity contribution in [3.05, 3.63) is 73.0 Å². The van der Waals surface area contributed by atoms with E-state index in [4.69, 9.17) is 9.16 Å². The lowest BCUT2D eigenvalue weighted by Gasteiger charge is -2.42. The number of carbonyl (C=O) groups excluding carboxylic acids is 1. The third kappa shape index (κ3) is 4.27. The van der Waals surface area contributed by atoms with Crippen LogP contribution in [0.4, 0.5) is 0 Å². The van der Waals surface area contributed by atoms with E-state index in [1.54, 1.807) is 0 Å². The molecule has 0 aliphatic carbocycles. The highest BCUT2D eigenvalue weighted by Crippen LogP contribution is 2.36. The van der Waals surface area contributed by atoms with Crippen molar-refractivity contribution >= 4 is 24.5 Å². The van der Waals surface area contributed by atoms with Gasteiger partial charge in [0.2, 0.25) is 0 Å². The Balaban J connectivity index is 1.93. The number of allylic oxidation sites excluding steroid dienone is 1. The molecule has 0 saturated carbocycles. The van der Waals surface area contributed by atoms with Crippen LogP contribution in [0.5, 0.6) is 0 Å². The van der Waals surface area contributed by atoms with E-state index in [0.29, 0.717) is 13.0 Å². The van der Waals surface area contributed by atoms with Crippen LogP contribution >= 0.6 is 0 Å². The van der Waals surface area contributed by atoms with Crippen LogP contribution < -0.4 is 10.4 Å². The van der Waals surface area contributed by atoms with E-state index in [1.807, 2.05) is 12.1 Å². The van der Waals surface area contributed by atoms with Gasteiger partial charge in [-0.15, -0.1) is 0 Å². The predicted octanol–water partition coefficient (Wildman–Crippen LogP) is 3.44. The molecule has 0 amide bonds. The Morgan fingerprint density at radius 2 is 1.61 bits per heavy atom. The molecule has 4 heteroatoms. The summed E-state index contributed by atoms with van der Waals surface area (Å²) in [6.07, 6.45) is 2.77. The monoisotopic (exact) mass is 390 g/mol. The molecule has 0 bridgehead atoms. The van der Waals surface area contributed by atoms with E-state index in [2.05, 4.69) is 81.1 Å². The van der Waals surface area contributed by atoms with Crippen molar-refractivity contribution < 1.29 is 14.0 Å². The van der Waals surface area contributed by atoms with Crippen molar-refractivity contribution in [2.24, 2.45) is 0 Å². The molecule has 1 heterocycles. The molecule has 3 rings (SSSR count). The Morgan fingerprint density at radius 3 is 2.11 bits per heavy atom. The molecule has 0 saturated heterocycles. The van der Waals surface area contributed by atoms with Gasteiger partial charge in [-0.05, 0) is 15.4 Å². The number of hydrogen-bond acceptors (Lipinski definition) is 3. The predicted molar refractivity (Wildman–Crippen MR) is 115 cm³/mol. The average Bonchev–Trinajstić information content (AvgIpc) is 2.69. The Bertz CT molecular complexity index is 847. The van der Waals surface area contributed by atoms with Crippen molar-refractivity contribution in [3.63, 3.8) is 0 Å². The van der Waals surface area contributed by atoms with Gasteiger partial charge in [-0.1, -0.05) is 93.3 Å². The van der Waals surface area contributed by atoms with Crippen LogP contribution in [0, 0.1) is 11.8 Å². The Labute approximate surface area is 168 Å². The molecule has 0 unspecified atom stereocenters. The summed E-state index contributed by atoms with van der Waals surface area (Å²) < 4.78 is 12.1. The molecule has 0 aromatic heterocycles. The van der Waals surface area contributed by atoms with Gasteiger partial charge in [-0.2, -0.15) is 0 Å². The van der Waals surface area contributed by atoms with Crippen LogP contribution in [-0.2, 0) is 14.0 Å². The number of hydrogen-bond donors (Lipinski definition) is 0. The fourth-order valence-corrected chi connectivity index (χ4v) is 8.10. The van der Waals surface area contributed by atoms with Gasteiger partial charge in [0, 0.05) is 6.08 Å². The summed E-state index contributed by atoms with van der Waals surface area (Å²) in [6.45, 7) is 7.01. The summed E-state index contributed by atoms with van der Waals surface area (Å²) in [6, 6.07) is 20.9. The van der Waals surface area contributed by atoms with Crippen molar-refractivity contribution in [1.82, 2.24) is 0 Å². The van der Waals surface area contributed by atoms with E-state index in [1.165, 1.54) is 22.7 Å². The van der Waals surface area contributed by atoms with Crippen LogP contribution in [0.15, 0.2) is 73.0 Å². The van der Waals surface area contributed by atoms with Crippen LogP contribution in [0.25, 0.3) is 0 Å². The minimum absolute atomic E-state index is 0.0402. The summed E-state index contributed by atoms with van der Waals surface area (Å²) >= 11 is 0. The van der Waals surface area contributed by atoms with E-state index >= 15 is 0 Å². The molecule has 28 heavy (non-hydrogen) atoms. The molecule has 1 atom stereocenters. The number of ether oxygens (including phenoxy) is 1. The lowest BCUT2D eigenvalue weighted by molar-refractivity contribution is -0.117. The Hall–Kier alpha value is -2.61. The molecule has 1 aliphatic heterocycles. The van der Waals surface area contributed by atoms with Gasteiger partial charge in [0.05, 0.1) is 19.3 Å². The molecule has 2 aromatic rings. The average molecular weight is 391 g/mol. The number of rotatable bonds is 4. The Kier molecular flexibility index (Phi) is 6.18. The zero-order chi connectivity index (χ0) is 20.0. The van der Waals surface area contributed by atoms with Crippen LogP contribution in [0.1, 0.15) is 27.2 Å². The van der Waals surface area contributed by atoms with Gasteiger partial charge in [0.15, 0.2) is 11.9 Å². The fraction of sp³-hybridized carbons (Fsp3) is 0.292. The van der Waals surface area contributed by atoms with Gasteiger partial charge in [-0.25, -0.2) is 0 Å². The molecule has 0 N–H and O–H groups in total. The first kappa shape index (κ1) is 20.1. The van der Waals surface area contributed by atoms with Gasteiger partial charge < -0.3 is 9.16 Å². The highest BCUT2D eigenvalue weighted by molar-refractivity contribution is 6.99. The minimum Gasteiger partial charge on any atom is -0.485 e. The minimum atomic E-state index is -2.57. The molecule has 0 radical (unpaired) electrons. The molecular weight excluding hydrogens is 364 g/mol. The second kappa shape index (κ2) is 8.60. The number of ketones is 1. The van der Waals surface area contributed by atoms with E-state index in [9.17, 15) is 4.79 Å². The van der Waals surface area contributed by atoms with Crippen molar-refractivity contribution in [2.45, 2.75) is 38.3 Å². The first-order valence-electron chi connectivity index (χ1n) is 9.52. The maximum Gasteiger partial charge on any atom is 0.262 e. The molecule has 144 valence electrons. The van der Waals surface area contributed by atoms with E-state index < -0.39 is 8.32 Å². The van der Waals surface area contributed by atoms with Crippen LogP contribution in [0.3, 0.4) is 0 Å². The Morgan fingerprint density at radius 1 is 1.04 bits per heavy atom. The highest BCUT2D eigenvalue weighted by Gasteiger charge is 2.49. The van der Waals surface area contributed by atoms with Gasteiger partial charge in [0.1, 0.15) is 0 Å². The van der Waals surface area contributed by atoms with Crippen LogP contribution in [0.2, 0.25) is 5.04 Å². The van der Waals surface area contributed by atoms with Gasteiger partial charge in [-0.3, -0.25) is 4.79 Å². The lowest BCUT2D eigenvalue weighted by atomic mass is 10.1. The zero-order valence-electron chi connectivity index (χ0n) is 16.6. The summed E-state index contributed by atoms with van der Waals surface area (Å²) in [5.74, 6) is 6.17. The molecule has 1 aliphatic rings. The maximum absolute atomic E-state index is 11.5. The summed E-state index contributed by atoms with van der Waals surface area (Å²) in [5, 5.41) is 2.36. The molecule has 2 aromatic carbocycles. The van der Waals surface area contributed by atoms with Crippen molar-refractivity contribution in [3.8, 4) is 11.8 Å². The van der Waals surface area contributed by atoms with Crippen molar-refractivity contribution in [1.29, 1.82) is 0 Å². The summed E-state index contributed by atoms with van der Waals surface area (Å²) in [5.41, 5.74) is 0. The SMILES string of the molecule is CC(C)(C)[Si](OCC#C[C@@H]1CC(=O)C=CO1)(c1ccccc1)c1ccccc1. The van der Waals surface area contributed by atoms with Gasteiger partial charge >= 0.3 is 0 Å². The largest absolute Gasteiger partial charge is 0.485 e. The van der Waals surface area contributed by atoms with Crippen LogP contribution in [-0.4, -0.2) is 26.8 Å². The molecular formula is C24H26O3Si. The quantitative estimate of drug-likeness (QED) is 0.593. The van der Waals surface area contributed by atoms with Crippen molar-refractivity contribution in [2.75, 3.05) is 6.61 Å². The second-order valence-corrected chi connectivity index (χ2v) is 12.2. The van der Waals surface area contributed by atoms with Gasteiger partial charge in [0.25, 0.3) is 8.32 Å². The molecule has 0 fully saturated rings. The normalized spacial score (nSPS) is 16.8. The zero-order valence-corrected chi connectivity index (χ0v) is 17.6. The summed E-state index contributed by atoms with van der Waals surface area (Å²) in [7, 11) is -2.57. The molecule has 0 spiro atoms. The highest BCUT2D eigenvalue weighted by atomic mass is 28.4. The lowest BCUT2D eigenvalue weighted by Crippen LogP contribution is -2.66. The number of benzene rings is 2. The van der Waals surface area contributed by atoms with E-state index in [-0.39, 0.29) is 16.9 Å². The standard InChI is InChI=1S/C24H26O3Si/c1-24(2,3)28(22-12-6-4-7-13-22,23-14-8-5-9-15-23)27-17-10-11-21-19-20(25)16-18-26-21/h4-9,12-16,18,21H,17,19H2,1-3H3/t21-/m1/s1. The first-order chi connectivity index (χ1) is 13.4. The third-order valence-electron chi connectivity index (χ3n) is 4.92. The second-order valence-electron chi connectivity index (χ2n) is 7.87. The molecule has 3 nitrogen and oxygen atoms in total. The fourth-order valence-electron chi connectivity index (χ4n) is 3.66. The topological polar surface area (TPSA) is 35.5 Å². The van der Waals surface area contributed by atoms with E-state index in [0.717, 1.165) is 0 Å².